The van der Waals surface area contributed by atoms with Crippen LogP contribution < -0.4 is 0 Å². The maximum absolute atomic E-state index is 5.92. The van der Waals surface area contributed by atoms with Gasteiger partial charge < -0.3 is 0 Å². The summed E-state index contributed by atoms with van der Waals surface area (Å²) in [7, 11) is 0. The minimum absolute atomic E-state index is 0.621. The number of hydrogen-bond acceptors (Lipinski definition) is 2. The molecule has 84 valence electrons. The van der Waals surface area contributed by atoms with Gasteiger partial charge in [0.1, 0.15) is 0 Å². The molecule has 1 rings (SSSR count). The zero-order valence-corrected chi connectivity index (χ0v) is 11.6. The van der Waals surface area contributed by atoms with Gasteiger partial charge in [0.15, 0.2) is 0 Å². The van der Waals surface area contributed by atoms with Crippen molar-refractivity contribution in [1.29, 1.82) is 0 Å². The van der Waals surface area contributed by atoms with Gasteiger partial charge in [0.2, 0.25) is 0 Å². The fourth-order valence-electron chi connectivity index (χ4n) is 1.15. The number of hydrogen-bond donors (Lipinski definition) is 1. The van der Waals surface area contributed by atoms with Crippen LogP contribution in [0.4, 0.5) is 0 Å². The van der Waals surface area contributed by atoms with Crippen molar-refractivity contribution in [2.45, 2.75) is 24.2 Å². The summed E-state index contributed by atoms with van der Waals surface area (Å²) in [5.41, 5.74) is 0. The Hall–Kier alpha value is 0.500. The number of thiol groups is 1. The van der Waals surface area contributed by atoms with Crippen molar-refractivity contribution >= 4 is 47.6 Å². The summed E-state index contributed by atoms with van der Waals surface area (Å²) >= 11 is 17.8. The molecular weight excluding hydrogens is 267 g/mol. The second kappa shape index (κ2) is 7.72. The van der Waals surface area contributed by atoms with E-state index in [1.54, 1.807) is 0 Å². The molecular formula is C11H14Cl2S2. The molecule has 1 aromatic rings. The highest BCUT2D eigenvalue weighted by atomic mass is 35.5. The molecule has 0 spiro atoms. The van der Waals surface area contributed by atoms with Gasteiger partial charge in [-0.2, -0.15) is 12.6 Å². The van der Waals surface area contributed by atoms with Crippen LogP contribution in [0.15, 0.2) is 23.1 Å². The molecule has 0 N–H and O–H groups in total. The Morgan fingerprint density at radius 2 is 1.87 bits per heavy atom. The summed E-state index contributed by atoms with van der Waals surface area (Å²) in [6.07, 6.45) is 3.67. The molecule has 0 nitrogen and oxygen atoms in total. The molecule has 4 heteroatoms. The van der Waals surface area contributed by atoms with Crippen molar-refractivity contribution in [3.8, 4) is 0 Å². The van der Waals surface area contributed by atoms with Crippen molar-refractivity contribution in [3.63, 3.8) is 0 Å². The maximum atomic E-state index is 5.92. The van der Waals surface area contributed by atoms with Gasteiger partial charge in [-0.15, -0.1) is 11.8 Å². The summed E-state index contributed by atoms with van der Waals surface area (Å²) in [5, 5.41) is 1.26. The molecule has 0 amide bonds. The molecule has 0 saturated heterocycles. The third kappa shape index (κ3) is 5.39. The zero-order valence-electron chi connectivity index (χ0n) is 8.38. The predicted octanol–water partition coefficient (Wildman–Crippen LogP) is 5.19. The number of halogens is 2. The standard InChI is InChI=1S/C11H14Cl2S2/c12-10-5-4-9(8-11(10)13)15-7-3-1-2-6-14/h4-5,8,14H,1-3,6-7H2. The van der Waals surface area contributed by atoms with E-state index in [0.29, 0.717) is 10.0 Å². The van der Waals surface area contributed by atoms with E-state index in [2.05, 4.69) is 12.6 Å². The van der Waals surface area contributed by atoms with E-state index in [1.807, 2.05) is 30.0 Å². The first-order chi connectivity index (χ1) is 7.24. The first kappa shape index (κ1) is 13.6. The van der Waals surface area contributed by atoms with Crippen LogP contribution in [0.25, 0.3) is 0 Å². The molecule has 0 heterocycles. The molecule has 0 radical (unpaired) electrons. The minimum Gasteiger partial charge on any atom is -0.179 e. The molecule has 0 atom stereocenters. The quantitative estimate of drug-likeness (QED) is 0.425. The van der Waals surface area contributed by atoms with Gasteiger partial charge in [0.25, 0.3) is 0 Å². The lowest BCUT2D eigenvalue weighted by molar-refractivity contribution is 0.787. The van der Waals surface area contributed by atoms with Crippen molar-refractivity contribution in [2.75, 3.05) is 11.5 Å². The summed E-state index contributed by atoms with van der Waals surface area (Å²) < 4.78 is 0. The summed E-state index contributed by atoms with van der Waals surface area (Å²) in [6.45, 7) is 0. The van der Waals surface area contributed by atoms with Crippen LogP contribution in [0.5, 0.6) is 0 Å². The number of thioether (sulfide) groups is 1. The van der Waals surface area contributed by atoms with Crippen LogP contribution >= 0.6 is 47.6 Å². The highest BCUT2D eigenvalue weighted by molar-refractivity contribution is 7.99. The Balaban J connectivity index is 2.28. The molecule has 15 heavy (non-hydrogen) atoms. The normalized spacial score (nSPS) is 10.6. The van der Waals surface area contributed by atoms with Gasteiger partial charge in [-0.3, -0.25) is 0 Å². The van der Waals surface area contributed by atoms with Gasteiger partial charge in [0, 0.05) is 4.90 Å². The summed E-state index contributed by atoms with van der Waals surface area (Å²) in [4.78, 5) is 1.19. The Morgan fingerprint density at radius 3 is 2.53 bits per heavy atom. The van der Waals surface area contributed by atoms with Gasteiger partial charge in [-0.1, -0.05) is 29.6 Å². The van der Waals surface area contributed by atoms with E-state index in [9.17, 15) is 0 Å². The van der Waals surface area contributed by atoms with Gasteiger partial charge >= 0.3 is 0 Å². The molecule has 0 bridgehead atoms. The van der Waals surface area contributed by atoms with Crippen LogP contribution in [0, 0.1) is 0 Å². The largest absolute Gasteiger partial charge is 0.179 e. The Bertz CT molecular complexity index is 303. The second-order valence-electron chi connectivity index (χ2n) is 3.21. The topological polar surface area (TPSA) is 0 Å². The first-order valence-electron chi connectivity index (χ1n) is 4.93. The van der Waals surface area contributed by atoms with E-state index >= 15 is 0 Å². The number of benzene rings is 1. The van der Waals surface area contributed by atoms with Crippen LogP contribution in [-0.2, 0) is 0 Å². The third-order valence-corrected chi connectivity index (χ3v) is 4.10. The molecule has 0 saturated carbocycles. The molecule has 0 aromatic heterocycles. The van der Waals surface area contributed by atoms with Crippen molar-refractivity contribution in [1.82, 2.24) is 0 Å². The van der Waals surface area contributed by atoms with Crippen LogP contribution in [0.3, 0.4) is 0 Å². The first-order valence-corrected chi connectivity index (χ1v) is 7.30. The van der Waals surface area contributed by atoms with E-state index in [4.69, 9.17) is 23.2 Å². The Morgan fingerprint density at radius 1 is 1.07 bits per heavy atom. The average Bonchev–Trinajstić information content (AvgIpc) is 2.23. The van der Waals surface area contributed by atoms with Crippen LogP contribution in [0.1, 0.15) is 19.3 Å². The van der Waals surface area contributed by atoms with Gasteiger partial charge in [0.05, 0.1) is 10.0 Å². The molecule has 0 fully saturated rings. The monoisotopic (exact) mass is 280 g/mol. The maximum Gasteiger partial charge on any atom is 0.0603 e. The Labute approximate surface area is 111 Å². The molecule has 0 aliphatic heterocycles. The second-order valence-corrected chi connectivity index (χ2v) is 5.64. The fraction of sp³-hybridized carbons (Fsp3) is 0.455. The van der Waals surface area contributed by atoms with Gasteiger partial charge in [-0.25, -0.2) is 0 Å². The third-order valence-electron chi connectivity index (χ3n) is 1.96. The lowest BCUT2D eigenvalue weighted by atomic mass is 10.3. The average molecular weight is 281 g/mol. The van der Waals surface area contributed by atoms with Crippen molar-refractivity contribution < 1.29 is 0 Å². The molecule has 1 aromatic carbocycles. The fourth-order valence-corrected chi connectivity index (χ4v) is 2.68. The molecule has 0 unspecified atom stereocenters. The van der Waals surface area contributed by atoms with Crippen LogP contribution in [0.2, 0.25) is 10.0 Å². The van der Waals surface area contributed by atoms with Crippen LogP contribution in [-0.4, -0.2) is 11.5 Å². The predicted molar refractivity (Wildman–Crippen MR) is 74.9 cm³/mol. The van der Waals surface area contributed by atoms with Crippen molar-refractivity contribution in [2.24, 2.45) is 0 Å². The SMILES string of the molecule is SCCCCCSc1ccc(Cl)c(Cl)c1. The highest BCUT2D eigenvalue weighted by Gasteiger charge is 1.99. The number of rotatable bonds is 6. The van der Waals surface area contributed by atoms with Gasteiger partial charge in [-0.05, 0) is 42.5 Å². The van der Waals surface area contributed by atoms with E-state index in [0.717, 1.165) is 11.5 Å². The highest BCUT2D eigenvalue weighted by Crippen LogP contribution is 2.28. The minimum atomic E-state index is 0.621. The molecule has 0 aliphatic rings. The van der Waals surface area contributed by atoms with E-state index in [1.165, 1.54) is 24.2 Å². The number of unbranched alkanes of at least 4 members (excludes halogenated alkanes) is 2. The lowest BCUT2D eigenvalue weighted by Gasteiger charge is -2.02. The Kier molecular flexibility index (Phi) is 6.98. The summed E-state index contributed by atoms with van der Waals surface area (Å²) in [6, 6.07) is 5.78. The van der Waals surface area contributed by atoms with E-state index in [-0.39, 0.29) is 0 Å². The lowest BCUT2D eigenvalue weighted by Crippen LogP contribution is -1.82. The van der Waals surface area contributed by atoms with E-state index < -0.39 is 0 Å². The molecule has 0 aliphatic carbocycles. The zero-order chi connectivity index (χ0) is 11.1. The summed E-state index contributed by atoms with van der Waals surface area (Å²) in [5.74, 6) is 2.11. The smallest absolute Gasteiger partial charge is 0.0603 e. The van der Waals surface area contributed by atoms with Crippen molar-refractivity contribution in [3.05, 3.63) is 28.2 Å².